The van der Waals surface area contributed by atoms with E-state index in [4.69, 9.17) is 9.26 Å². The van der Waals surface area contributed by atoms with E-state index in [0.29, 0.717) is 40.8 Å². The second-order valence-corrected chi connectivity index (χ2v) is 7.91. The smallest absolute Gasteiger partial charge is 0.258 e. The van der Waals surface area contributed by atoms with Crippen LogP contribution < -0.4 is 15.0 Å². The Hall–Kier alpha value is -4.46. The summed E-state index contributed by atoms with van der Waals surface area (Å²) in [6.07, 6.45) is 0.858. The Balaban J connectivity index is 1.18. The minimum Gasteiger partial charge on any atom is -0.485 e. The summed E-state index contributed by atoms with van der Waals surface area (Å²) in [6, 6.07) is 21.6. The highest BCUT2D eigenvalue weighted by Crippen LogP contribution is 2.29. The van der Waals surface area contributed by atoms with Crippen molar-refractivity contribution in [1.82, 2.24) is 10.1 Å². The van der Waals surface area contributed by atoms with Gasteiger partial charge in [0, 0.05) is 36.0 Å². The first kappa shape index (κ1) is 21.4. The zero-order valence-electron chi connectivity index (χ0n) is 18.5. The Kier molecular flexibility index (Phi) is 5.78. The van der Waals surface area contributed by atoms with Crippen molar-refractivity contribution >= 4 is 23.2 Å². The molecule has 1 aliphatic rings. The van der Waals surface area contributed by atoms with Gasteiger partial charge in [-0.1, -0.05) is 23.4 Å². The summed E-state index contributed by atoms with van der Waals surface area (Å²) in [7, 11) is 0. The molecule has 1 aliphatic heterocycles. The maximum atomic E-state index is 13.0. The monoisotopic (exact) mass is 454 g/mol. The van der Waals surface area contributed by atoms with Crippen LogP contribution in [-0.2, 0) is 13.0 Å². The van der Waals surface area contributed by atoms with Gasteiger partial charge in [-0.15, -0.1) is 0 Å². The lowest BCUT2D eigenvalue weighted by Crippen LogP contribution is -2.28. The fourth-order valence-corrected chi connectivity index (χ4v) is 3.85. The van der Waals surface area contributed by atoms with E-state index in [1.54, 1.807) is 60.4 Å². The Morgan fingerprint density at radius 3 is 2.47 bits per heavy atom. The predicted octanol–water partition coefficient (Wildman–Crippen LogP) is 4.41. The van der Waals surface area contributed by atoms with Gasteiger partial charge < -0.3 is 19.5 Å². The van der Waals surface area contributed by atoms with Gasteiger partial charge in [-0.2, -0.15) is 4.98 Å². The van der Waals surface area contributed by atoms with Gasteiger partial charge >= 0.3 is 0 Å². The number of carbonyl (C=O) groups excluding carboxylic acids is 2. The normalized spacial score (nSPS) is 12.3. The van der Waals surface area contributed by atoms with Gasteiger partial charge in [0.2, 0.25) is 11.7 Å². The predicted molar refractivity (Wildman–Crippen MR) is 126 cm³/mol. The van der Waals surface area contributed by atoms with Crippen molar-refractivity contribution in [2.45, 2.75) is 20.0 Å². The third-order valence-corrected chi connectivity index (χ3v) is 5.58. The molecule has 2 amide bonds. The number of rotatable bonds is 6. The number of anilines is 2. The Labute approximate surface area is 196 Å². The van der Waals surface area contributed by atoms with Gasteiger partial charge in [0.15, 0.2) is 6.61 Å². The lowest BCUT2D eigenvalue weighted by atomic mass is 10.1. The van der Waals surface area contributed by atoms with E-state index in [1.165, 1.54) is 5.56 Å². The lowest BCUT2D eigenvalue weighted by molar-refractivity contribution is 0.0988. The molecule has 34 heavy (non-hydrogen) atoms. The molecule has 3 aromatic carbocycles. The minimum atomic E-state index is -0.257. The summed E-state index contributed by atoms with van der Waals surface area (Å²) in [5.74, 6) is 1.22. The Bertz CT molecular complexity index is 1330. The number of amides is 2. The van der Waals surface area contributed by atoms with Crippen LogP contribution in [0.2, 0.25) is 0 Å². The van der Waals surface area contributed by atoms with Crippen molar-refractivity contribution in [2.24, 2.45) is 0 Å². The number of benzene rings is 3. The molecule has 8 nitrogen and oxygen atoms in total. The van der Waals surface area contributed by atoms with E-state index in [2.05, 4.69) is 21.5 Å². The molecule has 0 aliphatic carbocycles. The van der Waals surface area contributed by atoms with Crippen LogP contribution in [0.1, 0.15) is 38.0 Å². The second-order valence-electron chi connectivity index (χ2n) is 7.91. The fraction of sp³-hybridized carbons (Fsp3) is 0.154. The minimum absolute atomic E-state index is 0.0469. The van der Waals surface area contributed by atoms with E-state index in [-0.39, 0.29) is 18.4 Å². The first-order valence-corrected chi connectivity index (χ1v) is 10.9. The molecule has 2 heterocycles. The number of hydrogen-bond acceptors (Lipinski definition) is 6. The van der Waals surface area contributed by atoms with Crippen molar-refractivity contribution < 1.29 is 18.8 Å². The van der Waals surface area contributed by atoms with E-state index in [1.807, 2.05) is 18.2 Å². The maximum absolute atomic E-state index is 13.0. The van der Waals surface area contributed by atoms with Crippen LogP contribution in [0.25, 0.3) is 0 Å². The number of para-hydroxylation sites is 1. The van der Waals surface area contributed by atoms with Crippen molar-refractivity contribution in [2.75, 3.05) is 16.8 Å². The van der Waals surface area contributed by atoms with Gasteiger partial charge in [-0.05, 0) is 66.6 Å². The number of ether oxygens (including phenoxy) is 1. The molecule has 1 aromatic heterocycles. The topological polar surface area (TPSA) is 97.6 Å². The van der Waals surface area contributed by atoms with Crippen LogP contribution in [0.15, 0.2) is 77.3 Å². The van der Waals surface area contributed by atoms with Crippen LogP contribution in [0, 0.1) is 6.92 Å². The largest absolute Gasteiger partial charge is 0.485 e. The highest BCUT2D eigenvalue weighted by atomic mass is 16.5. The summed E-state index contributed by atoms with van der Waals surface area (Å²) in [4.78, 5) is 31.4. The molecular weight excluding hydrogens is 432 g/mol. The zero-order chi connectivity index (χ0) is 23.5. The summed E-state index contributed by atoms with van der Waals surface area (Å²) in [5.41, 5.74) is 3.81. The molecule has 0 spiro atoms. The molecule has 1 N–H and O–H groups in total. The van der Waals surface area contributed by atoms with Crippen LogP contribution in [0.5, 0.6) is 5.75 Å². The molecule has 0 radical (unpaired) electrons. The highest BCUT2D eigenvalue weighted by molar-refractivity contribution is 6.08. The average molecular weight is 454 g/mol. The number of aryl methyl sites for hydroxylation is 1. The van der Waals surface area contributed by atoms with Crippen molar-refractivity contribution in [3.05, 3.63) is 101 Å². The number of nitrogens with zero attached hydrogens (tertiary/aromatic N) is 3. The highest BCUT2D eigenvalue weighted by Gasteiger charge is 2.25. The number of carbonyl (C=O) groups is 2. The molecule has 0 bridgehead atoms. The number of hydrogen-bond donors (Lipinski definition) is 1. The molecule has 0 saturated carbocycles. The van der Waals surface area contributed by atoms with Crippen LogP contribution in [-0.4, -0.2) is 28.5 Å². The molecule has 0 unspecified atom stereocenters. The molecular formula is C26H22N4O4. The standard InChI is InChI=1S/C26H22N4O4/c1-17-27-24(29-34-17)16-33-22-12-8-19(9-13-22)25(31)28-21-10-6-20(7-11-21)26(32)30-15-14-18-4-2-3-5-23(18)30/h2-13H,14-16H2,1H3,(H,28,31). The van der Waals surface area contributed by atoms with Crippen molar-refractivity contribution in [3.8, 4) is 5.75 Å². The van der Waals surface area contributed by atoms with Crippen LogP contribution in [0.4, 0.5) is 11.4 Å². The van der Waals surface area contributed by atoms with E-state index in [0.717, 1.165) is 12.1 Å². The van der Waals surface area contributed by atoms with Crippen molar-refractivity contribution in [3.63, 3.8) is 0 Å². The quantitative estimate of drug-likeness (QED) is 0.463. The van der Waals surface area contributed by atoms with E-state index in [9.17, 15) is 9.59 Å². The summed E-state index contributed by atoms with van der Waals surface area (Å²) < 4.78 is 10.5. The maximum Gasteiger partial charge on any atom is 0.258 e. The van der Waals surface area contributed by atoms with Crippen LogP contribution >= 0.6 is 0 Å². The molecule has 5 rings (SSSR count). The van der Waals surface area contributed by atoms with Gasteiger partial charge in [0.25, 0.3) is 11.8 Å². The third kappa shape index (κ3) is 4.52. The van der Waals surface area contributed by atoms with E-state index >= 15 is 0 Å². The second kappa shape index (κ2) is 9.19. The molecule has 0 saturated heterocycles. The SMILES string of the molecule is Cc1nc(COc2ccc(C(=O)Nc3ccc(C(=O)N4CCc5ccccc54)cc3)cc2)no1. The third-order valence-electron chi connectivity index (χ3n) is 5.58. The molecule has 8 heteroatoms. The molecule has 4 aromatic rings. The van der Waals surface area contributed by atoms with Gasteiger partial charge in [0.05, 0.1) is 0 Å². The van der Waals surface area contributed by atoms with Crippen LogP contribution in [0.3, 0.4) is 0 Å². The van der Waals surface area contributed by atoms with Gasteiger partial charge in [0.1, 0.15) is 5.75 Å². The van der Waals surface area contributed by atoms with Gasteiger partial charge in [-0.25, -0.2) is 0 Å². The Morgan fingerprint density at radius 1 is 1.00 bits per heavy atom. The number of nitrogens with one attached hydrogen (secondary N) is 1. The van der Waals surface area contributed by atoms with Crippen molar-refractivity contribution in [1.29, 1.82) is 0 Å². The number of fused-ring (bicyclic) bond motifs is 1. The molecule has 0 atom stereocenters. The first-order valence-electron chi connectivity index (χ1n) is 10.9. The Morgan fingerprint density at radius 2 is 1.74 bits per heavy atom. The number of aromatic nitrogens is 2. The summed E-state index contributed by atoms with van der Waals surface area (Å²) in [5, 5.41) is 6.63. The zero-order valence-corrected chi connectivity index (χ0v) is 18.5. The summed E-state index contributed by atoms with van der Waals surface area (Å²) in [6.45, 7) is 2.56. The molecule has 0 fully saturated rings. The summed E-state index contributed by atoms with van der Waals surface area (Å²) >= 11 is 0. The fourth-order valence-electron chi connectivity index (χ4n) is 3.85. The lowest BCUT2D eigenvalue weighted by Gasteiger charge is -2.17. The molecule has 170 valence electrons. The van der Waals surface area contributed by atoms with Gasteiger partial charge in [-0.3, -0.25) is 9.59 Å². The van der Waals surface area contributed by atoms with E-state index < -0.39 is 0 Å². The first-order chi connectivity index (χ1) is 16.6. The average Bonchev–Trinajstić information content (AvgIpc) is 3.49.